The first-order valence-electron chi connectivity index (χ1n) is 9.32. The van der Waals surface area contributed by atoms with Crippen LogP contribution < -0.4 is 5.32 Å². The van der Waals surface area contributed by atoms with Crippen molar-refractivity contribution in [3.8, 4) is 0 Å². The van der Waals surface area contributed by atoms with Gasteiger partial charge in [0, 0.05) is 37.1 Å². The quantitative estimate of drug-likeness (QED) is 0.894. The van der Waals surface area contributed by atoms with Gasteiger partial charge in [-0.05, 0) is 31.5 Å². The van der Waals surface area contributed by atoms with Gasteiger partial charge in [0.05, 0.1) is 0 Å². The molecule has 1 spiro atoms. The third kappa shape index (κ3) is 3.25. The normalized spacial score (nSPS) is 18.4. The van der Waals surface area contributed by atoms with Gasteiger partial charge in [0.15, 0.2) is 0 Å². The first kappa shape index (κ1) is 17.5. The van der Waals surface area contributed by atoms with Crippen LogP contribution in [0.3, 0.4) is 0 Å². The van der Waals surface area contributed by atoms with Crippen LogP contribution in [0.2, 0.25) is 0 Å². The number of likely N-dealkylation sites (tertiary alicyclic amines) is 1. The predicted octanol–water partition coefficient (Wildman–Crippen LogP) is 2.85. The highest BCUT2D eigenvalue weighted by atomic mass is 16.2. The second-order valence-electron chi connectivity index (χ2n) is 7.42. The smallest absolute Gasteiger partial charge is 0.272 e. The molecule has 0 atom stereocenters. The van der Waals surface area contributed by atoms with Crippen molar-refractivity contribution in [1.82, 2.24) is 10.2 Å². The molecule has 0 bridgehead atoms. The van der Waals surface area contributed by atoms with E-state index in [0.717, 1.165) is 22.3 Å². The van der Waals surface area contributed by atoms with E-state index in [1.165, 1.54) is 0 Å². The number of benzene rings is 2. The zero-order valence-electron chi connectivity index (χ0n) is 15.7. The van der Waals surface area contributed by atoms with Gasteiger partial charge in [-0.25, -0.2) is 0 Å². The lowest BCUT2D eigenvalue weighted by molar-refractivity contribution is -0.115. The van der Waals surface area contributed by atoms with Crippen molar-refractivity contribution in [2.45, 2.75) is 32.4 Å². The summed E-state index contributed by atoms with van der Waals surface area (Å²) in [6.45, 7) is 5.12. The SMILES string of the molecule is Cc1cccc(C2=NC3(CCN(C(=O)c4ccccc4C)CC3)NC2=O)c1. The van der Waals surface area contributed by atoms with E-state index >= 15 is 0 Å². The van der Waals surface area contributed by atoms with Gasteiger partial charge < -0.3 is 10.2 Å². The Morgan fingerprint density at radius 3 is 2.52 bits per heavy atom. The lowest BCUT2D eigenvalue weighted by Crippen LogP contribution is -2.52. The summed E-state index contributed by atoms with van der Waals surface area (Å²) >= 11 is 0. The molecular weight excluding hydrogens is 338 g/mol. The van der Waals surface area contributed by atoms with E-state index < -0.39 is 5.66 Å². The molecule has 0 aromatic heterocycles. The number of carbonyl (C=O) groups excluding carboxylic acids is 2. The number of aryl methyl sites for hydroxylation is 2. The third-order valence-corrected chi connectivity index (χ3v) is 5.43. The number of nitrogens with zero attached hydrogens (tertiary/aromatic N) is 2. The molecule has 5 heteroatoms. The average molecular weight is 361 g/mol. The summed E-state index contributed by atoms with van der Waals surface area (Å²) in [4.78, 5) is 32.0. The number of amides is 2. The second-order valence-corrected chi connectivity index (χ2v) is 7.42. The molecule has 0 saturated carbocycles. The van der Waals surface area contributed by atoms with Gasteiger partial charge in [-0.1, -0.05) is 42.0 Å². The number of hydrogen-bond donors (Lipinski definition) is 1. The lowest BCUT2D eigenvalue weighted by Gasteiger charge is -2.37. The van der Waals surface area contributed by atoms with E-state index in [1.54, 1.807) is 0 Å². The Morgan fingerprint density at radius 2 is 1.81 bits per heavy atom. The minimum absolute atomic E-state index is 0.0511. The van der Waals surface area contributed by atoms with Gasteiger partial charge in [0.25, 0.3) is 11.8 Å². The fourth-order valence-electron chi connectivity index (χ4n) is 3.85. The lowest BCUT2D eigenvalue weighted by atomic mass is 9.97. The Labute approximate surface area is 159 Å². The Kier molecular flexibility index (Phi) is 4.30. The Morgan fingerprint density at radius 1 is 1.07 bits per heavy atom. The minimum Gasteiger partial charge on any atom is -0.338 e. The number of nitrogens with one attached hydrogen (secondary N) is 1. The largest absolute Gasteiger partial charge is 0.338 e. The highest BCUT2D eigenvalue weighted by Crippen LogP contribution is 2.29. The maximum atomic E-state index is 12.8. The summed E-state index contributed by atoms with van der Waals surface area (Å²) in [5.41, 5.74) is 3.59. The molecule has 2 aromatic rings. The fourth-order valence-corrected chi connectivity index (χ4v) is 3.85. The van der Waals surface area contributed by atoms with E-state index in [0.29, 0.717) is 31.6 Å². The van der Waals surface area contributed by atoms with Gasteiger partial charge in [-0.2, -0.15) is 0 Å². The summed E-state index contributed by atoms with van der Waals surface area (Å²) in [5, 5.41) is 3.07. The molecule has 0 radical (unpaired) electrons. The molecule has 1 N–H and O–H groups in total. The van der Waals surface area contributed by atoms with Crippen LogP contribution in [0, 0.1) is 13.8 Å². The van der Waals surface area contributed by atoms with Crippen LogP contribution in [0.15, 0.2) is 53.5 Å². The standard InChI is InChI=1S/C22H23N3O2/c1-15-6-5-8-17(14-15)19-20(26)24-22(23-19)10-12-25(13-11-22)21(27)18-9-4-3-7-16(18)2/h3-9,14H,10-13H2,1-2H3,(H,24,26). The fraction of sp³-hybridized carbons (Fsp3) is 0.318. The predicted molar refractivity (Wildman–Crippen MR) is 105 cm³/mol. The number of carbonyl (C=O) groups is 2. The monoisotopic (exact) mass is 361 g/mol. The summed E-state index contributed by atoms with van der Waals surface area (Å²) in [6, 6.07) is 15.5. The number of aliphatic imine (C=N–C) groups is 1. The average Bonchev–Trinajstić information content (AvgIpc) is 2.98. The molecular formula is C22H23N3O2. The number of hydrogen-bond acceptors (Lipinski definition) is 3. The molecule has 27 heavy (non-hydrogen) atoms. The Balaban J connectivity index is 1.51. The number of piperidine rings is 1. The zero-order chi connectivity index (χ0) is 19.0. The number of rotatable bonds is 2. The summed E-state index contributed by atoms with van der Waals surface area (Å²) in [7, 11) is 0. The minimum atomic E-state index is -0.585. The van der Waals surface area contributed by atoms with Crippen LogP contribution in [-0.4, -0.2) is 41.2 Å². The molecule has 2 amide bonds. The third-order valence-electron chi connectivity index (χ3n) is 5.43. The maximum absolute atomic E-state index is 12.8. The topological polar surface area (TPSA) is 61.8 Å². The highest BCUT2D eigenvalue weighted by molar-refractivity contribution is 6.46. The summed E-state index contributed by atoms with van der Waals surface area (Å²) in [5.74, 6) is -0.0746. The maximum Gasteiger partial charge on any atom is 0.272 e. The van der Waals surface area contributed by atoms with Crippen molar-refractivity contribution < 1.29 is 9.59 Å². The van der Waals surface area contributed by atoms with Gasteiger partial charge >= 0.3 is 0 Å². The van der Waals surface area contributed by atoms with Crippen molar-refractivity contribution in [3.63, 3.8) is 0 Å². The van der Waals surface area contributed by atoms with Gasteiger partial charge in [-0.15, -0.1) is 0 Å². The van der Waals surface area contributed by atoms with Crippen LogP contribution >= 0.6 is 0 Å². The molecule has 2 aromatic carbocycles. The molecule has 2 aliphatic heterocycles. The molecule has 0 unspecified atom stereocenters. The molecule has 4 rings (SSSR count). The molecule has 1 fully saturated rings. The first-order valence-corrected chi connectivity index (χ1v) is 9.32. The van der Waals surface area contributed by atoms with Crippen molar-refractivity contribution in [2.75, 3.05) is 13.1 Å². The zero-order valence-corrected chi connectivity index (χ0v) is 15.7. The van der Waals surface area contributed by atoms with Crippen molar-refractivity contribution in [3.05, 3.63) is 70.8 Å². The molecule has 2 aliphatic rings. The van der Waals surface area contributed by atoms with Crippen molar-refractivity contribution in [1.29, 1.82) is 0 Å². The summed E-state index contributed by atoms with van der Waals surface area (Å²) < 4.78 is 0. The van der Waals surface area contributed by atoms with E-state index in [4.69, 9.17) is 4.99 Å². The second kappa shape index (κ2) is 6.65. The Bertz CT molecular complexity index is 940. The van der Waals surface area contributed by atoms with Crippen LogP contribution in [0.5, 0.6) is 0 Å². The van der Waals surface area contributed by atoms with Crippen LogP contribution in [0.25, 0.3) is 0 Å². The van der Waals surface area contributed by atoms with Crippen molar-refractivity contribution >= 4 is 17.5 Å². The molecule has 1 saturated heterocycles. The highest BCUT2D eigenvalue weighted by Gasteiger charge is 2.43. The molecule has 2 heterocycles. The van der Waals surface area contributed by atoms with Gasteiger partial charge in [0.1, 0.15) is 11.4 Å². The van der Waals surface area contributed by atoms with E-state index in [1.807, 2.05) is 67.3 Å². The molecule has 0 aliphatic carbocycles. The van der Waals surface area contributed by atoms with Gasteiger partial charge in [-0.3, -0.25) is 14.6 Å². The summed E-state index contributed by atoms with van der Waals surface area (Å²) in [6.07, 6.45) is 1.26. The molecule has 138 valence electrons. The Hall–Kier alpha value is -2.95. The van der Waals surface area contributed by atoms with Crippen LogP contribution in [0.4, 0.5) is 0 Å². The molecule has 5 nitrogen and oxygen atoms in total. The van der Waals surface area contributed by atoms with E-state index in [-0.39, 0.29) is 11.8 Å². The van der Waals surface area contributed by atoms with E-state index in [9.17, 15) is 9.59 Å². The van der Waals surface area contributed by atoms with Crippen LogP contribution in [-0.2, 0) is 4.79 Å². The van der Waals surface area contributed by atoms with Crippen molar-refractivity contribution in [2.24, 2.45) is 4.99 Å². The first-order chi connectivity index (χ1) is 13.0. The van der Waals surface area contributed by atoms with E-state index in [2.05, 4.69) is 5.32 Å². The van der Waals surface area contributed by atoms with Gasteiger partial charge in [0.2, 0.25) is 0 Å². The van der Waals surface area contributed by atoms with Crippen LogP contribution in [0.1, 0.15) is 39.9 Å².